The topological polar surface area (TPSA) is 86.8 Å². The van der Waals surface area contributed by atoms with Gasteiger partial charge >= 0.3 is 0 Å². The van der Waals surface area contributed by atoms with Gasteiger partial charge in [0.15, 0.2) is 0 Å². The zero-order valence-corrected chi connectivity index (χ0v) is 28.6. The number of nitrogens with one attached hydrogen (secondary N) is 1. The standard InChI is InChI=1S/C36H39Cl2N3O4S/c1-4-5-22-39-36(43)33(23-28-13-7-6-8-14-28)40(24-29-15-10-9-12-27(29)3)34(42)25-41(32-17-11-16-31(37)35(32)38)46(44,45)30-20-18-26(2)19-21-30/h6-21,33H,4-5,22-25H2,1-3H3,(H,39,43)/t33-/m0/s1. The molecule has 0 heterocycles. The van der Waals surface area contributed by atoms with Crippen molar-refractivity contribution >= 4 is 50.7 Å². The van der Waals surface area contributed by atoms with Gasteiger partial charge in [-0.1, -0.05) is 115 Å². The summed E-state index contributed by atoms with van der Waals surface area (Å²) in [6, 6.07) is 27.1. The van der Waals surface area contributed by atoms with Crippen molar-refractivity contribution in [2.75, 3.05) is 17.4 Å². The van der Waals surface area contributed by atoms with E-state index < -0.39 is 28.5 Å². The number of nitrogens with zero attached hydrogens (tertiary/aromatic N) is 2. The molecule has 1 atom stereocenters. The van der Waals surface area contributed by atoms with Crippen molar-refractivity contribution < 1.29 is 18.0 Å². The lowest BCUT2D eigenvalue weighted by Gasteiger charge is -2.34. The third-order valence-electron chi connectivity index (χ3n) is 7.79. The maximum Gasteiger partial charge on any atom is 0.264 e. The van der Waals surface area contributed by atoms with Crippen LogP contribution in [-0.2, 0) is 32.6 Å². The molecule has 46 heavy (non-hydrogen) atoms. The van der Waals surface area contributed by atoms with E-state index in [-0.39, 0.29) is 39.5 Å². The van der Waals surface area contributed by atoms with Gasteiger partial charge in [0.05, 0.1) is 20.6 Å². The number of carbonyl (C=O) groups is 2. The molecule has 0 aromatic heterocycles. The van der Waals surface area contributed by atoms with Crippen LogP contribution in [0.15, 0.2) is 102 Å². The van der Waals surface area contributed by atoms with Gasteiger partial charge in [-0.15, -0.1) is 0 Å². The van der Waals surface area contributed by atoms with Gasteiger partial charge in [0.1, 0.15) is 12.6 Å². The minimum Gasteiger partial charge on any atom is -0.354 e. The molecular weight excluding hydrogens is 641 g/mol. The zero-order valence-electron chi connectivity index (χ0n) is 26.2. The van der Waals surface area contributed by atoms with Crippen LogP contribution >= 0.6 is 23.2 Å². The SMILES string of the molecule is CCCCNC(=O)[C@H](Cc1ccccc1)N(Cc1ccccc1C)C(=O)CN(c1cccc(Cl)c1Cl)S(=O)(=O)c1ccc(C)cc1. The van der Waals surface area contributed by atoms with Crippen LogP contribution in [-0.4, -0.2) is 44.3 Å². The lowest BCUT2D eigenvalue weighted by molar-refractivity contribution is -0.140. The molecule has 4 aromatic carbocycles. The predicted molar refractivity (Wildman–Crippen MR) is 186 cm³/mol. The summed E-state index contributed by atoms with van der Waals surface area (Å²) in [5.74, 6) is -0.880. The fourth-order valence-electron chi connectivity index (χ4n) is 5.07. The van der Waals surface area contributed by atoms with Gasteiger partial charge in [-0.3, -0.25) is 13.9 Å². The van der Waals surface area contributed by atoms with E-state index in [2.05, 4.69) is 5.32 Å². The lowest BCUT2D eigenvalue weighted by atomic mass is 10.0. The molecule has 0 radical (unpaired) electrons. The highest BCUT2D eigenvalue weighted by atomic mass is 35.5. The van der Waals surface area contributed by atoms with Crippen molar-refractivity contribution in [3.8, 4) is 0 Å². The number of halogens is 2. The average molecular weight is 681 g/mol. The minimum absolute atomic E-state index is 0.00347. The first-order valence-electron chi connectivity index (χ1n) is 15.2. The number of anilines is 1. The van der Waals surface area contributed by atoms with Crippen LogP contribution in [0, 0.1) is 13.8 Å². The molecule has 0 spiro atoms. The summed E-state index contributed by atoms with van der Waals surface area (Å²) in [6.07, 6.45) is 1.91. The maximum atomic E-state index is 14.6. The van der Waals surface area contributed by atoms with E-state index >= 15 is 0 Å². The first kappa shape index (κ1) is 35.0. The Balaban J connectivity index is 1.83. The number of amides is 2. The summed E-state index contributed by atoms with van der Waals surface area (Å²) in [7, 11) is -4.30. The zero-order chi connectivity index (χ0) is 33.3. The average Bonchev–Trinajstić information content (AvgIpc) is 3.04. The lowest BCUT2D eigenvalue weighted by Crippen LogP contribution is -2.53. The second-order valence-corrected chi connectivity index (χ2v) is 13.8. The van der Waals surface area contributed by atoms with Crippen molar-refractivity contribution in [2.24, 2.45) is 0 Å². The molecule has 4 rings (SSSR count). The highest BCUT2D eigenvalue weighted by Gasteiger charge is 2.35. The van der Waals surface area contributed by atoms with Gasteiger partial charge in [0.25, 0.3) is 10.0 Å². The van der Waals surface area contributed by atoms with Gasteiger partial charge in [-0.25, -0.2) is 8.42 Å². The first-order chi connectivity index (χ1) is 22.0. The number of aryl methyl sites for hydroxylation is 2. The quantitative estimate of drug-likeness (QED) is 0.141. The molecule has 242 valence electrons. The van der Waals surface area contributed by atoms with E-state index in [0.29, 0.717) is 6.54 Å². The Labute approximate surface area is 282 Å². The van der Waals surface area contributed by atoms with Crippen molar-refractivity contribution in [2.45, 2.75) is 57.5 Å². The fraction of sp³-hybridized carbons (Fsp3) is 0.278. The van der Waals surface area contributed by atoms with Gasteiger partial charge in [0, 0.05) is 19.5 Å². The van der Waals surface area contributed by atoms with Crippen molar-refractivity contribution in [3.63, 3.8) is 0 Å². The number of unbranched alkanes of at least 4 members (excludes halogenated alkanes) is 1. The number of hydrogen-bond donors (Lipinski definition) is 1. The molecule has 0 aliphatic heterocycles. The summed E-state index contributed by atoms with van der Waals surface area (Å²) in [4.78, 5) is 29.9. The summed E-state index contributed by atoms with van der Waals surface area (Å²) in [5.41, 5.74) is 3.58. The molecular formula is C36H39Cl2N3O4S. The van der Waals surface area contributed by atoms with E-state index in [1.165, 1.54) is 23.1 Å². The molecule has 0 bridgehead atoms. The number of benzene rings is 4. The van der Waals surface area contributed by atoms with E-state index in [4.69, 9.17) is 23.2 Å². The second-order valence-electron chi connectivity index (χ2n) is 11.2. The Bertz CT molecular complexity index is 1750. The van der Waals surface area contributed by atoms with Crippen molar-refractivity contribution in [1.82, 2.24) is 10.2 Å². The van der Waals surface area contributed by atoms with Crippen LogP contribution in [0.1, 0.15) is 42.0 Å². The van der Waals surface area contributed by atoms with Gasteiger partial charge in [-0.2, -0.15) is 0 Å². The summed E-state index contributed by atoms with van der Waals surface area (Å²) >= 11 is 12.9. The van der Waals surface area contributed by atoms with Gasteiger partial charge in [0.2, 0.25) is 11.8 Å². The maximum absolute atomic E-state index is 14.6. The Morgan fingerprint density at radius 1 is 0.848 bits per heavy atom. The van der Waals surface area contributed by atoms with Crippen LogP contribution in [0.4, 0.5) is 5.69 Å². The van der Waals surface area contributed by atoms with Crippen LogP contribution in [0.3, 0.4) is 0 Å². The summed E-state index contributed by atoms with van der Waals surface area (Å²) in [5, 5.41) is 3.14. The van der Waals surface area contributed by atoms with Crippen molar-refractivity contribution in [1.29, 1.82) is 0 Å². The Kier molecular flexibility index (Phi) is 12.3. The second kappa shape index (κ2) is 16.1. The number of rotatable bonds is 14. The summed E-state index contributed by atoms with van der Waals surface area (Å²) < 4.78 is 29.4. The van der Waals surface area contributed by atoms with E-state index in [0.717, 1.165) is 39.4 Å². The molecule has 0 unspecified atom stereocenters. The Morgan fingerprint density at radius 2 is 1.52 bits per heavy atom. The van der Waals surface area contributed by atoms with Crippen LogP contribution in [0.2, 0.25) is 10.0 Å². The van der Waals surface area contributed by atoms with Crippen LogP contribution in [0.5, 0.6) is 0 Å². The first-order valence-corrected chi connectivity index (χ1v) is 17.4. The molecule has 0 aliphatic carbocycles. The van der Waals surface area contributed by atoms with Crippen LogP contribution in [0.25, 0.3) is 0 Å². The predicted octanol–water partition coefficient (Wildman–Crippen LogP) is 7.36. The molecule has 0 aliphatic rings. The van der Waals surface area contributed by atoms with E-state index in [1.54, 1.807) is 24.3 Å². The minimum atomic E-state index is -4.30. The Hall–Kier alpha value is -3.85. The van der Waals surface area contributed by atoms with Crippen molar-refractivity contribution in [3.05, 3.63) is 129 Å². The highest BCUT2D eigenvalue weighted by Crippen LogP contribution is 2.35. The van der Waals surface area contributed by atoms with E-state index in [9.17, 15) is 18.0 Å². The number of sulfonamides is 1. The molecule has 4 aromatic rings. The molecule has 1 N–H and O–H groups in total. The molecule has 10 heteroatoms. The largest absolute Gasteiger partial charge is 0.354 e. The molecule has 0 fully saturated rings. The third-order valence-corrected chi connectivity index (χ3v) is 10.4. The van der Waals surface area contributed by atoms with Crippen LogP contribution < -0.4 is 9.62 Å². The number of carbonyl (C=O) groups excluding carboxylic acids is 2. The fourth-order valence-corrected chi connectivity index (χ4v) is 6.94. The molecule has 2 amide bonds. The molecule has 0 saturated carbocycles. The van der Waals surface area contributed by atoms with Gasteiger partial charge in [-0.05, 0) is 61.2 Å². The molecule has 7 nitrogen and oxygen atoms in total. The smallest absolute Gasteiger partial charge is 0.264 e. The summed E-state index contributed by atoms with van der Waals surface area (Å²) in [6.45, 7) is 5.76. The number of hydrogen-bond acceptors (Lipinski definition) is 4. The molecule has 0 saturated heterocycles. The third kappa shape index (κ3) is 8.69. The highest BCUT2D eigenvalue weighted by molar-refractivity contribution is 7.92. The normalized spacial score (nSPS) is 11.9. The Morgan fingerprint density at radius 3 is 2.20 bits per heavy atom. The van der Waals surface area contributed by atoms with Gasteiger partial charge < -0.3 is 10.2 Å². The van der Waals surface area contributed by atoms with E-state index in [1.807, 2.05) is 75.4 Å². The monoisotopic (exact) mass is 679 g/mol.